The van der Waals surface area contributed by atoms with Gasteiger partial charge < -0.3 is 19.7 Å². The number of aromatic nitrogens is 2. The van der Waals surface area contributed by atoms with Gasteiger partial charge in [0.05, 0.1) is 0 Å². The lowest BCUT2D eigenvalue weighted by atomic mass is 10.0. The number of aryl methyl sites for hydroxylation is 1. The third kappa shape index (κ3) is 3.47. The molecule has 0 bridgehead atoms. The summed E-state index contributed by atoms with van der Waals surface area (Å²) in [7, 11) is 0. The van der Waals surface area contributed by atoms with Gasteiger partial charge in [0.2, 0.25) is 6.79 Å². The number of para-hydroxylation sites is 1. The van der Waals surface area contributed by atoms with Crippen LogP contribution in [0.1, 0.15) is 28.0 Å². The molecule has 7 heteroatoms. The minimum Gasteiger partial charge on any atom is -0.454 e. The van der Waals surface area contributed by atoms with Crippen LogP contribution in [0, 0.1) is 0 Å². The Hall–Kier alpha value is -3.61. The van der Waals surface area contributed by atoms with Crippen LogP contribution in [0.15, 0.2) is 54.9 Å². The Morgan fingerprint density at radius 3 is 2.93 bits per heavy atom. The third-order valence-corrected chi connectivity index (χ3v) is 5.15. The van der Waals surface area contributed by atoms with E-state index < -0.39 is 0 Å². The summed E-state index contributed by atoms with van der Waals surface area (Å²) in [6.07, 6.45) is 3.36. The lowest BCUT2D eigenvalue weighted by molar-refractivity contribution is 0.0980. The van der Waals surface area contributed by atoms with Gasteiger partial charge in [0.1, 0.15) is 17.8 Å². The summed E-state index contributed by atoms with van der Waals surface area (Å²) in [5.74, 6) is 1.99. The fraction of sp³-hybridized carbons (Fsp3) is 0.227. The van der Waals surface area contributed by atoms with E-state index in [1.807, 2.05) is 41.3 Å². The number of anilines is 2. The van der Waals surface area contributed by atoms with Crippen molar-refractivity contribution in [2.24, 2.45) is 0 Å². The predicted octanol–water partition coefficient (Wildman–Crippen LogP) is 3.41. The molecule has 2 aromatic carbocycles. The van der Waals surface area contributed by atoms with Crippen molar-refractivity contribution in [1.82, 2.24) is 9.97 Å². The van der Waals surface area contributed by atoms with Crippen LogP contribution in [0.4, 0.5) is 11.5 Å². The molecule has 7 nitrogen and oxygen atoms in total. The number of nitrogens with zero attached hydrogens (tertiary/aromatic N) is 3. The molecule has 0 spiro atoms. The second-order valence-corrected chi connectivity index (χ2v) is 7.02. The van der Waals surface area contributed by atoms with Gasteiger partial charge in [-0.15, -0.1) is 0 Å². The van der Waals surface area contributed by atoms with E-state index in [2.05, 4.69) is 21.4 Å². The molecule has 0 saturated carbocycles. The molecule has 1 aromatic heterocycles. The molecule has 5 rings (SSSR count). The van der Waals surface area contributed by atoms with Gasteiger partial charge >= 0.3 is 0 Å². The maximum absolute atomic E-state index is 13.1. The molecule has 2 aliphatic rings. The summed E-state index contributed by atoms with van der Waals surface area (Å²) in [5, 5.41) is 3.25. The van der Waals surface area contributed by atoms with Crippen LogP contribution in [0.2, 0.25) is 0 Å². The summed E-state index contributed by atoms with van der Waals surface area (Å²) in [6, 6.07) is 15.5. The topological polar surface area (TPSA) is 76.6 Å². The molecule has 0 aliphatic carbocycles. The Kier molecular flexibility index (Phi) is 4.48. The predicted molar refractivity (Wildman–Crippen MR) is 108 cm³/mol. The number of nitrogens with one attached hydrogen (secondary N) is 1. The minimum absolute atomic E-state index is 0.106. The normalized spacial score (nSPS) is 14.4. The average molecular weight is 388 g/mol. The monoisotopic (exact) mass is 388 g/mol. The first-order valence-corrected chi connectivity index (χ1v) is 9.62. The van der Waals surface area contributed by atoms with Gasteiger partial charge in [0.15, 0.2) is 11.5 Å². The van der Waals surface area contributed by atoms with E-state index in [1.54, 1.807) is 6.07 Å². The molecule has 0 saturated heterocycles. The van der Waals surface area contributed by atoms with E-state index in [1.165, 1.54) is 11.9 Å². The van der Waals surface area contributed by atoms with Crippen LogP contribution in [0.5, 0.6) is 11.5 Å². The Morgan fingerprint density at radius 1 is 1.07 bits per heavy atom. The van der Waals surface area contributed by atoms with Gasteiger partial charge in [-0.05, 0) is 42.2 Å². The van der Waals surface area contributed by atoms with Crippen molar-refractivity contribution in [3.63, 3.8) is 0 Å². The first-order valence-electron chi connectivity index (χ1n) is 9.62. The molecule has 1 amide bonds. The van der Waals surface area contributed by atoms with Crippen molar-refractivity contribution in [3.05, 3.63) is 71.7 Å². The average Bonchev–Trinajstić information content (AvgIpc) is 3.25. The Balaban J connectivity index is 1.32. The molecule has 146 valence electrons. The fourth-order valence-electron chi connectivity index (χ4n) is 3.70. The molecule has 0 radical (unpaired) electrons. The van der Waals surface area contributed by atoms with Crippen molar-refractivity contribution in [2.75, 3.05) is 23.6 Å². The zero-order valence-electron chi connectivity index (χ0n) is 15.8. The molecular weight excluding hydrogens is 368 g/mol. The smallest absolute Gasteiger partial charge is 0.277 e. The summed E-state index contributed by atoms with van der Waals surface area (Å²) in [5.41, 5.74) is 3.58. The van der Waals surface area contributed by atoms with Gasteiger partial charge in [-0.1, -0.05) is 24.3 Å². The highest BCUT2D eigenvalue weighted by molar-refractivity contribution is 6.05. The van der Waals surface area contributed by atoms with Crippen LogP contribution < -0.4 is 19.7 Å². The summed E-state index contributed by atoms with van der Waals surface area (Å²) < 4.78 is 10.7. The SMILES string of the molecule is O=C(c1cc(NCc2ccc3c(c2)OCO3)ncn1)N1CCCc2ccccc21. The minimum atomic E-state index is -0.106. The van der Waals surface area contributed by atoms with Crippen molar-refractivity contribution < 1.29 is 14.3 Å². The largest absolute Gasteiger partial charge is 0.454 e. The van der Waals surface area contributed by atoms with E-state index in [4.69, 9.17) is 9.47 Å². The van der Waals surface area contributed by atoms with Gasteiger partial charge in [0.25, 0.3) is 5.91 Å². The van der Waals surface area contributed by atoms with Crippen molar-refractivity contribution in [1.29, 1.82) is 0 Å². The lowest BCUT2D eigenvalue weighted by Crippen LogP contribution is -2.36. The number of rotatable bonds is 4. The number of ether oxygens (including phenoxy) is 2. The van der Waals surface area contributed by atoms with E-state index in [0.29, 0.717) is 24.6 Å². The standard InChI is InChI=1S/C22H20N4O3/c27-22(26-9-3-5-16-4-1-2-6-18(16)26)17-11-21(25-13-24-17)23-12-15-7-8-19-20(10-15)29-14-28-19/h1-2,4,6-8,10-11,13H,3,5,9,12,14H2,(H,23,24,25). The number of carbonyl (C=O) groups is 1. The Bertz CT molecular complexity index is 1070. The van der Waals surface area contributed by atoms with Gasteiger partial charge in [-0.2, -0.15) is 0 Å². The van der Waals surface area contributed by atoms with Crippen LogP contribution in [-0.2, 0) is 13.0 Å². The van der Waals surface area contributed by atoms with Gasteiger partial charge in [0, 0.05) is 24.8 Å². The molecule has 2 aliphatic heterocycles. The second kappa shape index (κ2) is 7.43. The van der Waals surface area contributed by atoms with Gasteiger partial charge in [-0.3, -0.25) is 4.79 Å². The highest BCUT2D eigenvalue weighted by Crippen LogP contribution is 2.32. The summed E-state index contributed by atoms with van der Waals surface area (Å²) in [4.78, 5) is 23.4. The number of benzene rings is 2. The molecular formula is C22H20N4O3. The number of amides is 1. The number of carbonyl (C=O) groups excluding carboxylic acids is 1. The van der Waals surface area contributed by atoms with Crippen LogP contribution in [0.25, 0.3) is 0 Å². The third-order valence-electron chi connectivity index (χ3n) is 5.15. The molecule has 1 N–H and O–H groups in total. The van der Waals surface area contributed by atoms with E-state index >= 15 is 0 Å². The van der Waals surface area contributed by atoms with Crippen molar-refractivity contribution >= 4 is 17.4 Å². The number of hydrogen-bond acceptors (Lipinski definition) is 6. The second-order valence-electron chi connectivity index (χ2n) is 7.02. The summed E-state index contributed by atoms with van der Waals surface area (Å²) >= 11 is 0. The zero-order chi connectivity index (χ0) is 19.6. The zero-order valence-corrected chi connectivity index (χ0v) is 15.8. The summed E-state index contributed by atoms with van der Waals surface area (Å²) in [6.45, 7) is 1.50. The lowest BCUT2D eigenvalue weighted by Gasteiger charge is -2.29. The fourth-order valence-corrected chi connectivity index (χ4v) is 3.70. The maximum atomic E-state index is 13.1. The highest BCUT2D eigenvalue weighted by Gasteiger charge is 2.24. The quantitative estimate of drug-likeness (QED) is 0.738. The Morgan fingerprint density at radius 2 is 1.97 bits per heavy atom. The highest BCUT2D eigenvalue weighted by atomic mass is 16.7. The van der Waals surface area contributed by atoms with Gasteiger partial charge in [-0.25, -0.2) is 9.97 Å². The molecule has 3 aromatic rings. The van der Waals surface area contributed by atoms with E-state index in [9.17, 15) is 4.79 Å². The first kappa shape index (κ1) is 17.5. The Labute approximate surface area is 168 Å². The molecule has 0 unspecified atom stereocenters. The molecule has 29 heavy (non-hydrogen) atoms. The number of fused-ring (bicyclic) bond motifs is 2. The van der Waals surface area contributed by atoms with Crippen LogP contribution in [-0.4, -0.2) is 29.2 Å². The van der Waals surface area contributed by atoms with Crippen molar-refractivity contribution in [3.8, 4) is 11.5 Å². The molecule has 3 heterocycles. The van der Waals surface area contributed by atoms with Crippen molar-refractivity contribution in [2.45, 2.75) is 19.4 Å². The first-order chi connectivity index (χ1) is 14.3. The molecule has 0 fully saturated rings. The van der Waals surface area contributed by atoms with E-state index in [-0.39, 0.29) is 12.7 Å². The van der Waals surface area contributed by atoms with Crippen LogP contribution >= 0.6 is 0 Å². The van der Waals surface area contributed by atoms with Crippen LogP contribution in [0.3, 0.4) is 0 Å². The maximum Gasteiger partial charge on any atom is 0.277 e. The van der Waals surface area contributed by atoms with E-state index in [0.717, 1.165) is 35.6 Å². The molecule has 0 atom stereocenters. The number of hydrogen-bond donors (Lipinski definition) is 1.